The molecule has 25 heavy (non-hydrogen) atoms. The van der Waals surface area contributed by atoms with Crippen LogP contribution in [0.3, 0.4) is 0 Å². The molecular weight excluding hydrogens is 320 g/mol. The molecule has 2 saturated heterocycles. The second kappa shape index (κ2) is 6.97. The lowest BCUT2D eigenvalue weighted by Crippen LogP contribution is -2.46. The monoisotopic (exact) mass is 344 g/mol. The van der Waals surface area contributed by atoms with Gasteiger partial charge in [0.2, 0.25) is 0 Å². The second-order valence-electron chi connectivity index (χ2n) is 6.54. The number of nitrogens with one attached hydrogen (secondary N) is 1. The van der Waals surface area contributed by atoms with Crippen molar-refractivity contribution < 1.29 is 9.53 Å². The van der Waals surface area contributed by atoms with E-state index in [1.807, 2.05) is 24.1 Å². The Balaban J connectivity index is 1.69. The van der Waals surface area contributed by atoms with E-state index < -0.39 is 0 Å². The molecule has 2 aromatic heterocycles. The summed E-state index contributed by atoms with van der Waals surface area (Å²) in [5.41, 5.74) is 1.56. The molecule has 2 aliphatic rings. The summed E-state index contributed by atoms with van der Waals surface area (Å²) in [5.74, 6) is 1.65. The van der Waals surface area contributed by atoms with E-state index in [4.69, 9.17) is 4.74 Å². The lowest BCUT2D eigenvalue weighted by molar-refractivity contribution is 0.0736. The first-order chi connectivity index (χ1) is 12.2. The van der Waals surface area contributed by atoms with Crippen LogP contribution in [0, 0.1) is 6.92 Å². The number of rotatable bonds is 2. The van der Waals surface area contributed by atoms with E-state index >= 15 is 0 Å². The summed E-state index contributed by atoms with van der Waals surface area (Å²) in [7, 11) is 0. The number of aryl methyl sites for hydroxylation is 1. The molecule has 8 heteroatoms. The van der Waals surface area contributed by atoms with Crippen LogP contribution >= 0.6 is 0 Å². The van der Waals surface area contributed by atoms with Gasteiger partial charge in [-0.05, 0) is 19.4 Å². The quantitative estimate of drug-likeness (QED) is 0.845. The number of hydrogen-bond donors (Lipinski definition) is 1. The number of anilines is 1. The summed E-state index contributed by atoms with van der Waals surface area (Å²) in [6, 6.07) is 1.92. The number of carbonyl (C=O) groups excluding carboxylic acids is 1. The molecule has 0 unspecified atom stereocenters. The Morgan fingerprint density at radius 2 is 2.04 bits per heavy atom. The molecule has 0 radical (unpaired) electrons. The molecule has 134 valence electrons. The van der Waals surface area contributed by atoms with Gasteiger partial charge >= 0.3 is 0 Å². The lowest BCUT2D eigenvalue weighted by Gasteiger charge is -2.26. The summed E-state index contributed by atoms with van der Waals surface area (Å²) < 4.78 is 7.34. The molecule has 0 atom stereocenters. The predicted octanol–water partition coefficient (Wildman–Crippen LogP) is 0.310. The molecule has 0 aromatic carbocycles. The summed E-state index contributed by atoms with van der Waals surface area (Å²) in [4.78, 5) is 21.6. The minimum Gasteiger partial charge on any atom is -0.380 e. The molecule has 4 heterocycles. The fourth-order valence-corrected chi connectivity index (χ4v) is 3.45. The third-order valence-corrected chi connectivity index (χ3v) is 4.72. The van der Waals surface area contributed by atoms with Crippen molar-refractivity contribution in [1.29, 1.82) is 0 Å². The first kappa shape index (κ1) is 16.3. The predicted molar refractivity (Wildman–Crippen MR) is 94.1 cm³/mol. The molecule has 8 nitrogen and oxygen atoms in total. The highest BCUT2D eigenvalue weighted by atomic mass is 16.5. The van der Waals surface area contributed by atoms with Crippen molar-refractivity contribution in [2.24, 2.45) is 0 Å². The van der Waals surface area contributed by atoms with Gasteiger partial charge in [0.1, 0.15) is 11.3 Å². The van der Waals surface area contributed by atoms with Crippen LogP contribution in [0.1, 0.15) is 22.6 Å². The molecule has 1 N–H and O–H groups in total. The number of fused-ring (bicyclic) bond motifs is 1. The molecule has 2 aliphatic heterocycles. The van der Waals surface area contributed by atoms with Crippen molar-refractivity contribution >= 4 is 17.2 Å². The Bertz CT molecular complexity index is 760. The van der Waals surface area contributed by atoms with Crippen molar-refractivity contribution in [2.75, 3.05) is 57.4 Å². The van der Waals surface area contributed by atoms with Gasteiger partial charge in [-0.15, -0.1) is 0 Å². The van der Waals surface area contributed by atoms with E-state index in [2.05, 4.69) is 20.3 Å². The molecule has 1 amide bonds. The maximum Gasteiger partial charge on any atom is 0.255 e. The fraction of sp³-hybridized carbons (Fsp3) is 0.588. The second-order valence-corrected chi connectivity index (χ2v) is 6.54. The summed E-state index contributed by atoms with van der Waals surface area (Å²) in [6.45, 7) is 8.24. The van der Waals surface area contributed by atoms with Crippen LogP contribution in [0.25, 0.3) is 5.52 Å². The maximum atomic E-state index is 12.8. The van der Waals surface area contributed by atoms with Crippen LogP contribution in [0.4, 0.5) is 5.82 Å². The zero-order chi connectivity index (χ0) is 17.2. The Morgan fingerprint density at radius 3 is 2.88 bits per heavy atom. The Hall–Kier alpha value is -2.19. The molecule has 0 spiro atoms. The van der Waals surface area contributed by atoms with Crippen LogP contribution in [0.5, 0.6) is 0 Å². The van der Waals surface area contributed by atoms with E-state index in [1.54, 1.807) is 4.52 Å². The van der Waals surface area contributed by atoms with Gasteiger partial charge in [-0.25, -0.2) is 9.50 Å². The first-order valence-corrected chi connectivity index (χ1v) is 8.92. The van der Waals surface area contributed by atoms with E-state index in [1.165, 1.54) is 0 Å². The van der Waals surface area contributed by atoms with Gasteiger partial charge in [0, 0.05) is 52.1 Å². The highest BCUT2D eigenvalue weighted by molar-refractivity contribution is 5.96. The number of carbonyl (C=O) groups is 1. The van der Waals surface area contributed by atoms with E-state index in [0.29, 0.717) is 18.0 Å². The summed E-state index contributed by atoms with van der Waals surface area (Å²) in [6.07, 6.45) is 2.80. The van der Waals surface area contributed by atoms with Gasteiger partial charge < -0.3 is 19.9 Å². The standard InChI is InChI=1S/C17H24N6O2/c1-13-19-16(21-5-2-9-25-10-8-21)15-11-14(12-23(15)20-13)17(24)22-6-3-18-4-7-22/h11-12,18H,2-10H2,1H3. The minimum atomic E-state index is 0.0646. The lowest BCUT2D eigenvalue weighted by atomic mass is 10.2. The van der Waals surface area contributed by atoms with E-state index in [0.717, 1.165) is 63.6 Å². The summed E-state index contributed by atoms with van der Waals surface area (Å²) >= 11 is 0. The Labute approximate surface area is 146 Å². The van der Waals surface area contributed by atoms with Crippen LogP contribution in [0.15, 0.2) is 12.3 Å². The van der Waals surface area contributed by atoms with Crippen LogP contribution in [-0.4, -0.2) is 77.9 Å². The molecule has 4 rings (SSSR count). The number of aromatic nitrogens is 3. The highest BCUT2D eigenvalue weighted by Gasteiger charge is 2.22. The van der Waals surface area contributed by atoms with Crippen LogP contribution in [-0.2, 0) is 4.74 Å². The van der Waals surface area contributed by atoms with Crippen molar-refractivity contribution in [3.8, 4) is 0 Å². The molecule has 2 aromatic rings. The number of hydrogen-bond acceptors (Lipinski definition) is 6. The van der Waals surface area contributed by atoms with Gasteiger partial charge in [-0.3, -0.25) is 4.79 Å². The number of amides is 1. The summed E-state index contributed by atoms with van der Waals surface area (Å²) in [5, 5.41) is 7.74. The van der Waals surface area contributed by atoms with Gasteiger partial charge in [-0.1, -0.05) is 0 Å². The normalized spacial score (nSPS) is 19.2. The smallest absolute Gasteiger partial charge is 0.255 e. The average molecular weight is 344 g/mol. The van der Waals surface area contributed by atoms with E-state index in [9.17, 15) is 4.79 Å². The molecule has 0 saturated carbocycles. The molecular formula is C17H24N6O2. The minimum absolute atomic E-state index is 0.0646. The Kier molecular flexibility index (Phi) is 4.54. The van der Waals surface area contributed by atoms with Crippen LogP contribution < -0.4 is 10.2 Å². The van der Waals surface area contributed by atoms with Gasteiger partial charge in [0.05, 0.1) is 12.2 Å². The van der Waals surface area contributed by atoms with Crippen molar-refractivity contribution in [1.82, 2.24) is 24.8 Å². The van der Waals surface area contributed by atoms with Crippen LogP contribution in [0.2, 0.25) is 0 Å². The van der Waals surface area contributed by atoms with E-state index in [-0.39, 0.29) is 5.91 Å². The van der Waals surface area contributed by atoms with Crippen molar-refractivity contribution in [3.63, 3.8) is 0 Å². The molecule has 0 aliphatic carbocycles. The van der Waals surface area contributed by atoms with Gasteiger partial charge in [-0.2, -0.15) is 5.10 Å². The number of ether oxygens (including phenoxy) is 1. The number of piperazine rings is 1. The Morgan fingerprint density at radius 1 is 1.20 bits per heavy atom. The molecule has 0 bridgehead atoms. The van der Waals surface area contributed by atoms with Crippen molar-refractivity contribution in [2.45, 2.75) is 13.3 Å². The topological polar surface area (TPSA) is 75.0 Å². The third kappa shape index (κ3) is 3.32. The van der Waals surface area contributed by atoms with Crippen molar-refractivity contribution in [3.05, 3.63) is 23.7 Å². The highest BCUT2D eigenvalue weighted by Crippen LogP contribution is 2.23. The third-order valence-electron chi connectivity index (χ3n) is 4.72. The zero-order valence-electron chi connectivity index (χ0n) is 14.6. The maximum absolute atomic E-state index is 12.8. The zero-order valence-corrected chi connectivity index (χ0v) is 14.6. The molecule has 2 fully saturated rings. The SMILES string of the molecule is Cc1nc(N2CCCOCC2)c2cc(C(=O)N3CCNCC3)cn2n1. The number of nitrogens with zero attached hydrogens (tertiary/aromatic N) is 5. The average Bonchev–Trinajstić information content (AvgIpc) is 2.87. The van der Waals surface area contributed by atoms with Gasteiger partial charge in [0.25, 0.3) is 5.91 Å². The first-order valence-electron chi connectivity index (χ1n) is 8.92. The largest absolute Gasteiger partial charge is 0.380 e. The fourth-order valence-electron chi connectivity index (χ4n) is 3.45. The van der Waals surface area contributed by atoms with Gasteiger partial charge in [0.15, 0.2) is 5.82 Å².